The normalized spacial score (nSPS) is 12.2. The molecule has 5 nitrogen and oxygen atoms in total. The summed E-state index contributed by atoms with van der Waals surface area (Å²) in [5.74, 6) is -0.563. The second-order valence-corrected chi connectivity index (χ2v) is 23.6. The van der Waals surface area contributed by atoms with Crippen molar-refractivity contribution in [1.29, 1.82) is 0 Å². The summed E-state index contributed by atoms with van der Waals surface area (Å²) in [6.45, 7) is 4.20. The number of ether oxygens (including phenoxy) is 2. The lowest BCUT2D eigenvalue weighted by molar-refractivity contribution is -0.161. The van der Waals surface area contributed by atoms with E-state index in [1.165, 1.54) is 327 Å². The fourth-order valence-corrected chi connectivity index (χ4v) is 10.8. The Bertz CT molecular complexity index is 1150. The molecule has 5 heteroatoms. The van der Waals surface area contributed by atoms with Crippen molar-refractivity contribution < 1.29 is 24.2 Å². The Morgan fingerprint density at radius 1 is 0.307 bits per heavy atom. The molecule has 0 heterocycles. The molecule has 0 saturated carbocycles. The standard InChI is InChI=1S/C70H134O5/c1-3-5-7-9-11-13-15-17-19-21-23-25-27-28-29-30-31-32-33-34-35-36-37-38-39-40-41-42-43-45-47-49-51-53-55-57-59-61-63-65-70(73)75-68(66-71)67-74-69(72)64-62-60-58-56-54-52-50-48-46-44-26-24-22-20-18-16-14-12-10-8-6-4-2/h15,17,21,23,68,71H,3-14,16,18-20,22,24-67H2,1-2H3/b17-15-,23-21-. The molecule has 0 aliphatic rings. The Hall–Kier alpha value is -1.62. The number of rotatable bonds is 65. The van der Waals surface area contributed by atoms with E-state index in [-0.39, 0.29) is 25.2 Å². The van der Waals surface area contributed by atoms with Crippen molar-refractivity contribution in [2.75, 3.05) is 13.2 Å². The average molecular weight is 1060 g/mol. The molecule has 0 bridgehead atoms. The van der Waals surface area contributed by atoms with E-state index >= 15 is 0 Å². The molecular formula is C70H134O5. The van der Waals surface area contributed by atoms with Gasteiger partial charge < -0.3 is 14.6 Å². The van der Waals surface area contributed by atoms with Crippen molar-refractivity contribution in [3.63, 3.8) is 0 Å². The number of carbonyl (C=O) groups is 2. The molecular weight excluding hydrogens is 921 g/mol. The fraction of sp³-hybridized carbons (Fsp3) is 0.914. The van der Waals surface area contributed by atoms with Gasteiger partial charge in [0.1, 0.15) is 6.61 Å². The van der Waals surface area contributed by atoms with Gasteiger partial charge in [-0.15, -0.1) is 0 Å². The minimum absolute atomic E-state index is 0.0570. The summed E-state index contributed by atoms with van der Waals surface area (Å²) in [6, 6.07) is 0. The van der Waals surface area contributed by atoms with Gasteiger partial charge in [-0.05, 0) is 44.9 Å². The molecule has 0 aliphatic carbocycles. The summed E-state index contributed by atoms with van der Waals surface area (Å²) in [5, 5.41) is 9.69. The topological polar surface area (TPSA) is 72.8 Å². The molecule has 0 saturated heterocycles. The van der Waals surface area contributed by atoms with Crippen molar-refractivity contribution in [2.24, 2.45) is 0 Å². The van der Waals surface area contributed by atoms with E-state index in [1.54, 1.807) is 0 Å². The highest BCUT2D eigenvalue weighted by Gasteiger charge is 2.16. The lowest BCUT2D eigenvalue weighted by Gasteiger charge is -2.15. The zero-order valence-corrected chi connectivity index (χ0v) is 51.1. The molecule has 0 spiro atoms. The summed E-state index contributed by atoms with van der Waals surface area (Å²) >= 11 is 0. The Morgan fingerprint density at radius 3 is 0.787 bits per heavy atom. The number of hydrogen-bond donors (Lipinski definition) is 1. The Morgan fingerprint density at radius 2 is 0.533 bits per heavy atom. The second kappa shape index (κ2) is 66.7. The number of hydrogen-bond acceptors (Lipinski definition) is 5. The van der Waals surface area contributed by atoms with Crippen LogP contribution >= 0.6 is 0 Å². The number of unbranched alkanes of at least 4 members (excludes halogenated alkanes) is 53. The zero-order valence-electron chi connectivity index (χ0n) is 51.1. The van der Waals surface area contributed by atoms with Crippen LogP contribution < -0.4 is 0 Å². The summed E-state index contributed by atoms with van der Waals surface area (Å²) in [6.07, 6.45) is 86.5. The van der Waals surface area contributed by atoms with Gasteiger partial charge in [-0.25, -0.2) is 0 Å². The van der Waals surface area contributed by atoms with Gasteiger partial charge in [0.25, 0.3) is 0 Å². The minimum atomic E-state index is -0.767. The molecule has 1 N–H and O–H groups in total. The first kappa shape index (κ1) is 73.4. The largest absolute Gasteiger partial charge is 0.462 e. The quantitative estimate of drug-likeness (QED) is 0.0373. The van der Waals surface area contributed by atoms with Crippen LogP contribution in [0.25, 0.3) is 0 Å². The smallest absolute Gasteiger partial charge is 0.306 e. The highest BCUT2D eigenvalue weighted by molar-refractivity contribution is 5.70. The van der Waals surface area contributed by atoms with Crippen LogP contribution in [0.3, 0.4) is 0 Å². The number of carbonyl (C=O) groups excluding carboxylic acids is 2. The van der Waals surface area contributed by atoms with Gasteiger partial charge in [-0.1, -0.05) is 359 Å². The third-order valence-corrected chi connectivity index (χ3v) is 16.0. The molecule has 75 heavy (non-hydrogen) atoms. The van der Waals surface area contributed by atoms with Crippen molar-refractivity contribution in [1.82, 2.24) is 0 Å². The average Bonchev–Trinajstić information content (AvgIpc) is 3.41. The second-order valence-electron chi connectivity index (χ2n) is 23.6. The molecule has 0 fully saturated rings. The SMILES string of the molecule is CCCCCCC/C=C\C/C=C\CCCCCCCCCCCCCCCCCCCCCCCCCCCCCC(=O)OC(CO)COC(=O)CCCCCCCCCCCCCCCCCCCCCCCC. The summed E-state index contributed by atoms with van der Waals surface area (Å²) < 4.78 is 10.8. The van der Waals surface area contributed by atoms with Gasteiger partial charge in [0.05, 0.1) is 6.61 Å². The maximum atomic E-state index is 12.4. The first-order valence-electron chi connectivity index (χ1n) is 34.4. The van der Waals surface area contributed by atoms with E-state index in [0.29, 0.717) is 12.8 Å². The molecule has 0 amide bonds. The predicted molar refractivity (Wildman–Crippen MR) is 330 cm³/mol. The van der Waals surface area contributed by atoms with Gasteiger partial charge >= 0.3 is 11.9 Å². The third kappa shape index (κ3) is 64.8. The molecule has 0 aromatic rings. The van der Waals surface area contributed by atoms with Crippen LogP contribution in [0.15, 0.2) is 24.3 Å². The highest BCUT2D eigenvalue weighted by atomic mass is 16.6. The summed E-state index contributed by atoms with van der Waals surface area (Å²) in [4.78, 5) is 24.6. The van der Waals surface area contributed by atoms with Crippen LogP contribution in [0.4, 0.5) is 0 Å². The number of allylic oxidation sites excluding steroid dienone is 4. The van der Waals surface area contributed by atoms with E-state index in [2.05, 4.69) is 38.2 Å². The van der Waals surface area contributed by atoms with Crippen LogP contribution in [-0.4, -0.2) is 36.4 Å². The van der Waals surface area contributed by atoms with E-state index < -0.39 is 6.10 Å². The third-order valence-electron chi connectivity index (χ3n) is 16.0. The fourth-order valence-electron chi connectivity index (χ4n) is 10.8. The van der Waals surface area contributed by atoms with Gasteiger partial charge in [0, 0.05) is 12.8 Å². The van der Waals surface area contributed by atoms with Crippen molar-refractivity contribution in [3.8, 4) is 0 Å². The van der Waals surface area contributed by atoms with E-state index in [0.717, 1.165) is 38.5 Å². The number of aliphatic hydroxyl groups excluding tert-OH is 1. The minimum Gasteiger partial charge on any atom is -0.462 e. The predicted octanol–water partition coefficient (Wildman–Crippen LogP) is 23.6. The zero-order chi connectivity index (χ0) is 54.1. The molecule has 444 valence electrons. The molecule has 0 radical (unpaired) electrons. The Labute approximate surface area is 470 Å². The van der Waals surface area contributed by atoms with E-state index in [9.17, 15) is 14.7 Å². The van der Waals surface area contributed by atoms with Crippen molar-refractivity contribution in [3.05, 3.63) is 24.3 Å². The molecule has 1 atom stereocenters. The summed E-state index contributed by atoms with van der Waals surface area (Å²) in [5.41, 5.74) is 0. The lowest BCUT2D eigenvalue weighted by Crippen LogP contribution is -2.28. The number of aliphatic hydroxyl groups is 1. The monoisotopic (exact) mass is 1060 g/mol. The maximum absolute atomic E-state index is 12.4. The Kier molecular flexibility index (Phi) is 65.2. The number of esters is 2. The van der Waals surface area contributed by atoms with Crippen molar-refractivity contribution in [2.45, 2.75) is 399 Å². The molecule has 0 aliphatic heterocycles. The van der Waals surface area contributed by atoms with Crippen molar-refractivity contribution >= 4 is 11.9 Å². The molecule has 0 rings (SSSR count). The van der Waals surface area contributed by atoms with Gasteiger partial charge in [0.15, 0.2) is 6.10 Å². The van der Waals surface area contributed by atoms with Crippen LogP contribution in [0.5, 0.6) is 0 Å². The first-order valence-corrected chi connectivity index (χ1v) is 34.4. The van der Waals surface area contributed by atoms with Gasteiger partial charge in [-0.2, -0.15) is 0 Å². The van der Waals surface area contributed by atoms with E-state index in [4.69, 9.17) is 9.47 Å². The first-order chi connectivity index (χ1) is 37.1. The van der Waals surface area contributed by atoms with Crippen LogP contribution in [0, 0.1) is 0 Å². The summed E-state index contributed by atoms with van der Waals surface area (Å²) in [7, 11) is 0. The van der Waals surface area contributed by atoms with Crippen LogP contribution in [0.1, 0.15) is 393 Å². The molecule has 0 aromatic carbocycles. The highest BCUT2D eigenvalue weighted by Crippen LogP contribution is 2.19. The van der Waals surface area contributed by atoms with Crippen LogP contribution in [0.2, 0.25) is 0 Å². The maximum Gasteiger partial charge on any atom is 0.306 e. The van der Waals surface area contributed by atoms with Gasteiger partial charge in [-0.3, -0.25) is 9.59 Å². The molecule has 1 unspecified atom stereocenters. The lowest BCUT2D eigenvalue weighted by atomic mass is 10.0. The van der Waals surface area contributed by atoms with Gasteiger partial charge in [0.2, 0.25) is 0 Å². The molecule has 0 aromatic heterocycles. The Balaban J connectivity index is 3.36. The van der Waals surface area contributed by atoms with E-state index in [1.807, 2.05) is 0 Å². The van der Waals surface area contributed by atoms with Crippen LogP contribution in [-0.2, 0) is 19.1 Å².